The van der Waals surface area contributed by atoms with Gasteiger partial charge in [0.25, 0.3) is 0 Å². The molecule has 0 unspecified atom stereocenters. The number of amides is 1. The third-order valence-electron chi connectivity index (χ3n) is 4.79. The molecule has 0 aliphatic carbocycles. The molecule has 0 saturated carbocycles. The van der Waals surface area contributed by atoms with Crippen LogP contribution in [0.15, 0.2) is 42.0 Å². The number of rotatable bonds is 3. The van der Waals surface area contributed by atoms with E-state index in [1.54, 1.807) is 23.7 Å². The number of anilines is 1. The third kappa shape index (κ3) is 3.22. The molecule has 2 aromatic rings. The molecule has 4 rings (SSSR count). The minimum Gasteiger partial charge on any atom is -0.374 e. The lowest BCUT2D eigenvalue weighted by molar-refractivity contribution is -0.128. The van der Waals surface area contributed by atoms with Gasteiger partial charge >= 0.3 is 0 Å². The lowest BCUT2D eigenvalue weighted by Gasteiger charge is -2.36. The molecule has 2 aliphatic rings. The zero-order valence-corrected chi connectivity index (χ0v) is 14.3. The molecule has 0 bridgehead atoms. The van der Waals surface area contributed by atoms with E-state index in [1.165, 1.54) is 4.88 Å². The number of carbonyl (C=O) groups is 1. The van der Waals surface area contributed by atoms with Crippen LogP contribution in [-0.4, -0.2) is 48.1 Å². The Morgan fingerprint density at radius 3 is 3.04 bits per heavy atom. The van der Waals surface area contributed by atoms with Gasteiger partial charge in [-0.15, -0.1) is 11.3 Å². The Morgan fingerprint density at radius 2 is 2.25 bits per heavy atom. The maximum Gasteiger partial charge on any atom is 0.232 e. The molecule has 0 radical (unpaired) electrons. The van der Waals surface area contributed by atoms with Crippen LogP contribution in [0.4, 0.5) is 5.69 Å². The van der Waals surface area contributed by atoms with Crippen molar-refractivity contribution in [3.8, 4) is 0 Å². The number of ether oxygens (including phenoxy) is 1. The van der Waals surface area contributed by atoms with Crippen LogP contribution in [0.1, 0.15) is 11.3 Å². The number of pyridine rings is 1. The average Bonchev–Trinajstić information content (AvgIpc) is 3.06. The first-order chi connectivity index (χ1) is 11.8. The van der Waals surface area contributed by atoms with Gasteiger partial charge in [-0.25, -0.2) is 0 Å². The van der Waals surface area contributed by atoms with Gasteiger partial charge in [0.2, 0.25) is 5.91 Å². The van der Waals surface area contributed by atoms with Gasteiger partial charge in [-0.2, -0.15) is 0 Å². The summed E-state index contributed by atoms with van der Waals surface area (Å²) in [5.74, 6) is 0.133. The maximum absolute atomic E-state index is 13.0. The Hall–Kier alpha value is -1.76. The summed E-state index contributed by atoms with van der Waals surface area (Å²) in [4.78, 5) is 22.8. The minimum absolute atomic E-state index is 0.00659. The SMILES string of the molecule is O=C1[C@@H]2CCN(Cc3cccs3)C[C@@H]2OCCN1c1cccnc1. The Labute approximate surface area is 145 Å². The molecular formula is C18H21N3O2S. The number of thiophene rings is 1. The molecule has 0 N–H and O–H groups in total. The molecule has 2 aliphatic heterocycles. The predicted octanol–water partition coefficient (Wildman–Crippen LogP) is 2.40. The Morgan fingerprint density at radius 1 is 1.29 bits per heavy atom. The largest absolute Gasteiger partial charge is 0.374 e. The molecule has 2 aromatic heterocycles. The number of hydrogen-bond donors (Lipinski definition) is 0. The Kier molecular flexibility index (Phi) is 4.60. The second-order valence-corrected chi connectivity index (χ2v) is 7.35. The number of nitrogens with zero attached hydrogens (tertiary/aromatic N) is 3. The molecule has 0 spiro atoms. The fourth-order valence-electron chi connectivity index (χ4n) is 3.57. The number of piperidine rings is 1. The highest BCUT2D eigenvalue weighted by molar-refractivity contribution is 7.09. The summed E-state index contributed by atoms with van der Waals surface area (Å²) in [5.41, 5.74) is 0.868. The molecule has 24 heavy (non-hydrogen) atoms. The number of aromatic nitrogens is 1. The second-order valence-electron chi connectivity index (χ2n) is 6.32. The minimum atomic E-state index is -0.0488. The van der Waals surface area contributed by atoms with E-state index in [1.807, 2.05) is 17.0 Å². The van der Waals surface area contributed by atoms with E-state index in [2.05, 4.69) is 27.4 Å². The Balaban J connectivity index is 1.46. The average molecular weight is 343 g/mol. The quantitative estimate of drug-likeness (QED) is 0.858. The second kappa shape index (κ2) is 7.01. The molecule has 2 saturated heterocycles. The highest BCUT2D eigenvalue weighted by Crippen LogP contribution is 2.28. The fourth-order valence-corrected chi connectivity index (χ4v) is 4.32. The zero-order chi connectivity index (χ0) is 16.4. The highest BCUT2D eigenvalue weighted by atomic mass is 32.1. The summed E-state index contributed by atoms with van der Waals surface area (Å²) in [6.45, 7) is 3.89. The van der Waals surface area contributed by atoms with E-state index >= 15 is 0 Å². The van der Waals surface area contributed by atoms with Crippen LogP contribution in [0, 0.1) is 5.92 Å². The van der Waals surface area contributed by atoms with Crippen LogP contribution in [0.3, 0.4) is 0 Å². The van der Waals surface area contributed by atoms with Gasteiger partial charge in [0.05, 0.1) is 30.5 Å². The van der Waals surface area contributed by atoms with Gasteiger partial charge in [-0.05, 0) is 36.5 Å². The van der Waals surface area contributed by atoms with E-state index in [4.69, 9.17) is 4.74 Å². The summed E-state index contributed by atoms with van der Waals surface area (Å²) < 4.78 is 6.06. The maximum atomic E-state index is 13.0. The number of fused-ring (bicyclic) bond motifs is 1. The highest BCUT2D eigenvalue weighted by Gasteiger charge is 2.39. The van der Waals surface area contributed by atoms with Gasteiger partial charge in [-0.3, -0.25) is 14.7 Å². The van der Waals surface area contributed by atoms with Crippen molar-refractivity contribution < 1.29 is 9.53 Å². The smallest absolute Gasteiger partial charge is 0.232 e. The van der Waals surface area contributed by atoms with Crippen molar-refractivity contribution >= 4 is 22.9 Å². The topological polar surface area (TPSA) is 45.7 Å². The van der Waals surface area contributed by atoms with Gasteiger partial charge in [-0.1, -0.05) is 6.07 Å². The summed E-state index contributed by atoms with van der Waals surface area (Å²) in [6.07, 6.45) is 4.33. The van der Waals surface area contributed by atoms with E-state index in [0.29, 0.717) is 13.2 Å². The van der Waals surface area contributed by atoms with Crippen LogP contribution >= 0.6 is 11.3 Å². The molecule has 126 valence electrons. The zero-order valence-electron chi connectivity index (χ0n) is 13.5. The van der Waals surface area contributed by atoms with Crippen molar-refractivity contribution in [2.45, 2.75) is 19.1 Å². The van der Waals surface area contributed by atoms with Crippen LogP contribution in [0.2, 0.25) is 0 Å². The first kappa shape index (κ1) is 15.7. The lowest BCUT2D eigenvalue weighted by atomic mass is 9.92. The summed E-state index contributed by atoms with van der Waals surface area (Å²) in [5, 5.41) is 2.11. The van der Waals surface area contributed by atoms with Gasteiger partial charge < -0.3 is 9.64 Å². The molecule has 6 heteroatoms. The predicted molar refractivity (Wildman–Crippen MR) is 94.0 cm³/mol. The summed E-state index contributed by atoms with van der Waals surface area (Å²) in [7, 11) is 0. The van der Waals surface area contributed by atoms with E-state index in [0.717, 1.165) is 31.7 Å². The summed E-state index contributed by atoms with van der Waals surface area (Å²) >= 11 is 1.78. The van der Waals surface area contributed by atoms with E-state index in [-0.39, 0.29) is 17.9 Å². The van der Waals surface area contributed by atoms with Gasteiger partial charge in [0.15, 0.2) is 0 Å². The summed E-state index contributed by atoms with van der Waals surface area (Å²) in [6, 6.07) is 8.07. The van der Waals surface area contributed by atoms with Gasteiger partial charge in [0.1, 0.15) is 0 Å². The normalized spacial score (nSPS) is 25.3. The van der Waals surface area contributed by atoms with Crippen LogP contribution in [-0.2, 0) is 16.1 Å². The van der Waals surface area contributed by atoms with Crippen molar-refractivity contribution in [3.63, 3.8) is 0 Å². The number of likely N-dealkylation sites (tertiary alicyclic amines) is 1. The first-order valence-corrected chi connectivity index (χ1v) is 9.27. The van der Waals surface area contributed by atoms with Crippen molar-refractivity contribution in [1.29, 1.82) is 0 Å². The molecule has 4 heterocycles. The van der Waals surface area contributed by atoms with Gasteiger partial charge in [0, 0.05) is 30.7 Å². The third-order valence-corrected chi connectivity index (χ3v) is 5.65. The fraction of sp³-hybridized carbons (Fsp3) is 0.444. The molecular weight excluding hydrogens is 322 g/mol. The van der Waals surface area contributed by atoms with E-state index in [9.17, 15) is 4.79 Å². The molecule has 2 atom stereocenters. The van der Waals surface area contributed by atoms with Crippen LogP contribution in [0.25, 0.3) is 0 Å². The Bertz CT molecular complexity index is 677. The lowest BCUT2D eigenvalue weighted by Crippen LogP contribution is -2.49. The number of carbonyl (C=O) groups excluding carboxylic acids is 1. The standard InChI is InChI=1S/C18H21N3O2S/c22-18-16-5-7-20(12-15-4-2-10-24-15)13-17(16)23-9-8-21(18)14-3-1-6-19-11-14/h1-4,6,10-11,16-17H,5,7-9,12-13H2/t16-,17+/m1/s1. The van der Waals surface area contributed by atoms with Crippen LogP contribution in [0.5, 0.6) is 0 Å². The number of hydrogen-bond acceptors (Lipinski definition) is 5. The van der Waals surface area contributed by atoms with Crippen molar-refractivity contribution in [2.75, 3.05) is 31.1 Å². The van der Waals surface area contributed by atoms with Crippen molar-refractivity contribution in [2.24, 2.45) is 5.92 Å². The van der Waals surface area contributed by atoms with Crippen molar-refractivity contribution in [3.05, 3.63) is 46.9 Å². The molecule has 2 fully saturated rings. The molecule has 0 aromatic carbocycles. The first-order valence-electron chi connectivity index (χ1n) is 8.39. The molecule has 1 amide bonds. The molecule has 5 nitrogen and oxygen atoms in total. The van der Waals surface area contributed by atoms with Crippen molar-refractivity contribution in [1.82, 2.24) is 9.88 Å². The van der Waals surface area contributed by atoms with Crippen LogP contribution < -0.4 is 4.90 Å². The monoisotopic (exact) mass is 343 g/mol. The van der Waals surface area contributed by atoms with E-state index < -0.39 is 0 Å².